The Morgan fingerprint density at radius 2 is 2.08 bits per heavy atom. The van der Waals surface area contributed by atoms with Gasteiger partial charge in [-0.2, -0.15) is 0 Å². The van der Waals surface area contributed by atoms with Crippen LogP contribution in [-0.4, -0.2) is 38.3 Å². The van der Waals surface area contributed by atoms with Crippen molar-refractivity contribution in [2.45, 2.75) is 20.3 Å². The fourth-order valence-corrected chi connectivity index (χ4v) is 0.987. The molecule has 0 atom stereocenters. The third-order valence-corrected chi connectivity index (χ3v) is 1.79. The summed E-state index contributed by atoms with van der Waals surface area (Å²) in [5.41, 5.74) is 0. The number of hydrogen-bond acceptors (Lipinski definition) is 2. The van der Waals surface area contributed by atoms with Crippen LogP contribution in [0.2, 0.25) is 0 Å². The zero-order valence-electron chi connectivity index (χ0n) is 8.39. The van der Waals surface area contributed by atoms with Crippen LogP contribution in [0.15, 0.2) is 0 Å². The molecule has 70 valence electrons. The summed E-state index contributed by atoms with van der Waals surface area (Å²) in [4.78, 5) is 2.34. The number of methoxy groups -OCH3 is 1. The molecular weight excluding hydrogens is 150 g/mol. The minimum absolute atomic E-state index is 0.813. The molecule has 0 rings (SSSR count). The zero-order valence-corrected chi connectivity index (χ0v) is 8.39. The van der Waals surface area contributed by atoms with Gasteiger partial charge >= 0.3 is 0 Å². The van der Waals surface area contributed by atoms with Crippen molar-refractivity contribution in [3.8, 4) is 11.8 Å². The van der Waals surface area contributed by atoms with Gasteiger partial charge in [0.05, 0.1) is 6.61 Å². The number of nitrogens with zero attached hydrogens (tertiary/aromatic N) is 1. The molecule has 0 heterocycles. The molecule has 12 heavy (non-hydrogen) atoms. The molecule has 0 aromatic rings. The molecule has 0 fully saturated rings. The number of hydrogen-bond donors (Lipinski definition) is 0. The van der Waals surface area contributed by atoms with Gasteiger partial charge in [0.25, 0.3) is 0 Å². The monoisotopic (exact) mass is 169 g/mol. The summed E-state index contributed by atoms with van der Waals surface area (Å²) in [6, 6.07) is 0. The molecule has 0 saturated heterocycles. The second kappa shape index (κ2) is 8.58. The first-order chi connectivity index (χ1) is 5.85. The summed E-state index contributed by atoms with van der Waals surface area (Å²) in [6.07, 6.45) is 0.966. The molecule has 0 aliphatic heterocycles. The van der Waals surface area contributed by atoms with Crippen LogP contribution in [0, 0.1) is 11.8 Å². The maximum Gasteiger partial charge on any atom is 0.0589 e. The predicted molar refractivity (Wildman–Crippen MR) is 52.1 cm³/mol. The van der Waals surface area contributed by atoms with Crippen LogP contribution in [0.3, 0.4) is 0 Å². The van der Waals surface area contributed by atoms with Gasteiger partial charge in [0, 0.05) is 26.6 Å². The van der Waals surface area contributed by atoms with E-state index in [1.807, 2.05) is 6.92 Å². The van der Waals surface area contributed by atoms with E-state index in [1.165, 1.54) is 0 Å². The van der Waals surface area contributed by atoms with Crippen molar-refractivity contribution < 1.29 is 4.74 Å². The molecule has 0 aromatic heterocycles. The molecule has 0 aliphatic rings. The van der Waals surface area contributed by atoms with Gasteiger partial charge in [-0.15, -0.1) is 11.8 Å². The maximum absolute atomic E-state index is 5.00. The van der Waals surface area contributed by atoms with E-state index in [0.717, 1.165) is 32.7 Å². The molecule has 0 unspecified atom stereocenters. The SMILES string of the molecule is CC#CCCN(CC)CCOC. The minimum Gasteiger partial charge on any atom is -0.383 e. The molecule has 0 radical (unpaired) electrons. The standard InChI is InChI=1S/C10H19NO/c1-4-6-7-8-11(5-2)9-10-12-3/h5,7-10H2,1-3H3. The topological polar surface area (TPSA) is 12.5 Å². The molecule has 2 heteroatoms. The summed E-state index contributed by atoms with van der Waals surface area (Å²) in [7, 11) is 1.74. The van der Waals surface area contributed by atoms with E-state index in [1.54, 1.807) is 7.11 Å². The lowest BCUT2D eigenvalue weighted by Gasteiger charge is -2.17. The molecular formula is C10H19NO. The number of ether oxygens (including phenoxy) is 1. The smallest absolute Gasteiger partial charge is 0.0589 e. The van der Waals surface area contributed by atoms with Crippen LogP contribution < -0.4 is 0 Å². The van der Waals surface area contributed by atoms with Gasteiger partial charge in [0.1, 0.15) is 0 Å². The Labute approximate surface area is 75.9 Å². The molecule has 0 aliphatic carbocycles. The van der Waals surface area contributed by atoms with Crippen LogP contribution in [-0.2, 0) is 4.74 Å². The van der Waals surface area contributed by atoms with Crippen molar-refractivity contribution >= 4 is 0 Å². The van der Waals surface area contributed by atoms with Gasteiger partial charge in [0.2, 0.25) is 0 Å². The van der Waals surface area contributed by atoms with E-state index in [-0.39, 0.29) is 0 Å². The van der Waals surface area contributed by atoms with Crippen LogP contribution >= 0.6 is 0 Å². The van der Waals surface area contributed by atoms with Crippen molar-refractivity contribution in [1.82, 2.24) is 4.90 Å². The maximum atomic E-state index is 5.00. The zero-order chi connectivity index (χ0) is 9.23. The van der Waals surface area contributed by atoms with Crippen LogP contribution in [0.4, 0.5) is 0 Å². The first-order valence-corrected chi connectivity index (χ1v) is 4.46. The summed E-state index contributed by atoms with van der Waals surface area (Å²) in [5.74, 6) is 5.95. The average molecular weight is 169 g/mol. The Morgan fingerprint density at radius 1 is 1.33 bits per heavy atom. The van der Waals surface area contributed by atoms with Gasteiger partial charge in [-0.1, -0.05) is 6.92 Å². The summed E-state index contributed by atoms with van der Waals surface area (Å²) < 4.78 is 5.00. The van der Waals surface area contributed by atoms with E-state index in [9.17, 15) is 0 Å². The molecule has 2 nitrogen and oxygen atoms in total. The Hall–Kier alpha value is -0.520. The van der Waals surface area contributed by atoms with Gasteiger partial charge < -0.3 is 9.64 Å². The van der Waals surface area contributed by atoms with E-state index in [0.29, 0.717) is 0 Å². The van der Waals surface area contributed by atoms with E-state index in [2.05, 4.69) is 23.7 Å². The second-order valence-electron chi connectivity index (χ2n) is 2.60. The van der Waals surface area contributed by atoms with E-state index >= 15 is 0 Å². The lowest BCUT2D eigenvalue weighted by Crippen LogP contribution is -2.27. The normalized spacial score (nSPS) is 9.67. The average Bonchev–Trinajstić information content (AvgIpc) is 2.11. The fraction of sp³-hybridized carbons (Fsp3) is 0.800. The molecule has 0 saturated carbocycles. The highest BCUT2D eigenvalue weighted by atomic mass is 16.5. The highest BCUT2D eigenvalue weighted by Crippen LogP contribution is 1.89. The number of likely N-dealkylation sites (N-methyl/N-ethyl adjacent to an activating group) is 1. The Bertz CT molecular complexity index is 146. The Balaban J connectivity index is 3.43. The lowest BCUT2D eigenvalue weighted by atomic mass is 10.3. The van der Waals surface area contributed by atoms with Crippen molar-refractivity contribution in [1.29, 1.82) is 0 Å². The van der Waals surface area contributed by atoms with Gasteiger partial charge in [-0.25, -0.2) is 0 Å². The predicted octanol–water partition coefficient (Wildman–Crippen LogP) is 1.37. The first kappa shape index (κ1) is 11.5. The van der Waals surface area contributed by atoms with Crippen molar-refractivity contribution in [3.63, 3.8) is 0 Å². The molecule has 0 N–H and O–H groups in total. The third-order valence-electron chi connectivity index (χ3n) is 1.79. The van der Waals surface area contributed by atoms with Crippen molar-refractivity contribution in [2.24, 2.45) is 0 Å². The summed E-state index contributed by atoms with van der Waals surface area (Å²) in [6.45, 7) is 8.00. The lowest BCUT2D eigenvalue weighted by molar-refractivity contribution is 0.152. The Kier molecular flexibility index (Phi) is 8.20. The largest absolute Gasteiger partial charge is 0.383 e. The van der Waals surface area contributed by atoms with Crippen LogP contribution in [0.25, 0.3) is 0 Å². The van der Waals surface area contributed by atoms with Crippen molar-refractivity contribution in [2.75, 3.05) is 33.4 Å². The summed E-state index contributed by atoms with van der Waals surface area (Å²) >= 11 is 0. The van der Waals surface area contributed by atoms with Gasteiger partial charge in [-0.3, -0.25) is 0 Å². The van der Waals surface area contributed by atoms with Crippen LogP contribution in [0.1, 0.15) is 20.3 Å². The molecule has 0 bridgehead atoms. The minimum atomic E-state index is 0.813. The third kappa shape index (κ3) is 6.21. The molecule has 0 spiro atoms. The Morgan fingerprint density at radius 3 is 2.58 bits per heavy atom. The van der Waals surface area contributed by atoms with Gasteiger partial charge in [0.15, 0.2) is 0 Å². The highest BCUT2D eigenvalue weighted by molar-refractivity contribution is 4.95. The quantitative estimate of drug-likeness (QED) is 0.557. The molecule has 0 amide bonds. The number of rotatable bonds is 6. The summed E-state index contributed by atoms with van der Waals surface area (Å²) in [5, 5.41) is 0. The van der Waals surface area contributed by atoms with E-state index < -0.39 is 0 Å². The van der Waals surface area contributed by atoms with Crippen LogP contribution in [0.5, 0.6) is 0 Å². The highest BCUT2D eigenvalue weighted by Gasteiger charge is 1.98. The second-order valence-corrected chi connectivity index (χ2v) is 2.60. The van der Waals surface area contributed by atoms with E-state index in [4.69, 9.17) is 4.74 Å². The first-order valence-electron chi connectivity index (χ1n) is 4.46. The fourth-order valence-electron chi connectivity index (χ4n) is 0.987. The van der Waals surface area contributed by atoms with Gasteiger partial charge in [-0.05, 0) is 13.5 Å². The van der Waals surface area contributed by atoms with Crippen molar-refractivity contribution in [3.05, 3.63) is 0 Å². The molecule has 0 aromatic carbocycles.